The van der Waals surface area contributed by atoms with Crippen molar-refractivity contribution in [3.63, 3.8) is 0 Å². The molecule has 3 rings (SSSR count). The number of nitrogens with one attached hydrogen (secondary N) is 1. The van der Waals surface area contributed by atoms with Crippen LogP contribution >= 0.6 is 0 Å². The molecule has 1 heterocycles. The van der Waals surface area contributed by atoms with Gasteiger partial charge in [-0.1, -0.05) is 18.2 Å². The number of methoxy groups -OCH3 is 1. The number of hydrogen-bond donors (Lipinski definition) is 1. The molecule has 1 saturated carbocycles. The summed E-state index contributed by atoms with van der Waals surface area (Å²) in [5.74, 6) is 0. The molecular weight excluding hydrogens is 250 g/mol. The number of rotatable bonds is 7. The lowest BCUT2D eigenvalue weighted by Gasteiger charge is -2.09. The number of ether oxygens (including phenoxy) is 1. The fraction of sp³-hybridized carbons (Fsp3) is 0.438. The molecule has 1 aromatic carbocycles. The van der Waals surface area contributed by atoms with Gasteiger partial charge in [-0.25, -0.2) is 4.68 Å². The monoisotopic (exact) mass is 271 g/mol. The van der Waals surface area contributed by atoms with Crippen molar-refractivity contribution in [1.29, 1.82) is 0 Å². The molecule has 20 heavy (non-hydrogen) atoms. The van der Waals surface area contributed by atoms with Gasteiger partial charge in [0.05, 0.1) is 18.0 Å². The molecule has 1 aliphatic carbocycles. The Balaban J connectivity index is 1.73. The number of aromatic nitrogens is 2. The van der Waals surface area contributed by atoms with E-state index in [9.17, 15) is 0 Å². The summed E-state index contributed by atoms with van der Waals surface area (Å²) >= 11 is 0. The second kappa shape index (κ2) is 6.20. The maximum absolute atomic E-state index is 5.17. The summed E-state index contributed by atoms with van der Waals surface area (Å²) < 4.78 is 7.14. The van der Waals surface area contributed by atoms with Crippen LogP contribution in [0.5, 0.6) is 0 Å². The minimum absolute atomic E-state index is 0.717. The van der Waals surface area contributed by atoms with Gasteiger partial charge in [-0.2, -0.15) is 5.10 Å². The summed E-state index contributed by atoms with van der Waals surface area (Å²) in [5, 5.41) is 8.15. The van der Waals surface area contributed by atoms with Crippen LogP contribution < -0.4 is 5.32 Å². The first-order chi connectivity index (χ1) is 9.86. The summed E-state index contributed by atoms with van der Waals surface area (Å²) in [6, 6.07) is 11.2. The van der Waals surface area contributed by atoms with Crippen molar-refractivity contribution in [2.24, 2.45) is 0 Å². The molecule has 1 aromatic heterocycles. The average Bonchev–Trinajstić information content (AvgIpc) is 3.20. The number of nitrogens with zero attached hydrogens (tertiary/aromatic N) is 2. The van der Waals surface area contributed by atoms with Crippen LogP contribution in [0.1, 0.15) is 24.1 Å². The van der Waals surface area contributed by atoms with Gasteiger partial charge in [0.15, 0.2) is 0 Å². The summed E-state index contributed by atoms with van der Waals surface area (Å²) in [7, 11) is 1.73. The summed E-state index contributed by atoms with van der Waals surface area (Å²) in [6.07, 6.45) is 5.55. The molecule has 2 aromatic rings. The molecule has 0 radical (unpaired) electrons. The SMILES string of the molecule is COCCc1ccccc1-n1ccc(CNC2CC2)n1. The molecule has 0 saturated heterocycles. The second-order valence-electron chi connectivity index (χ2n) is 5.28. The van der Waals surface area contributed by atoms with Crippen LogP contribution in [0.4, 0.5) is 0 Å². The minimum Gasteiger partial charge on any atom is -0.384 e. The molecule has 4 nitrogen and oxygen atoms in total. The predicted molar refractivity (Wildman–Crippen MR) is 79.0 cm³/mol. The third kappa shape index (κ3) is 3.26. The van der Waals surface area contributed by atoms with Crippen molar-refractivity contribution in [2.75, 3.05) is 13.7 Å². The molecule has 0 bridgehead atoms. The third-order valence-corrected chi connectivity index (χ3v) is 3.61. The van der Waals surface area contributed by atoms with E-state index in [1.54, 1.807) is 7.11 Å². The van der Waals surface area contributed by atoms with Crippen molar-refractivity contribution < 1.29 is 4.74 Å². The van der Waals surface area contributed by atoms with E-state index in [1.807, 2.05) is 10.9 Å². The summed E-state index contributed by atoms with van der Waals surface area (Å²) in [6.45, 7) is 1.59. The molecule has 106 valence electrons. The zero-order valence-corrected chi connectivity index (χ0v) is 11.9. The Bertz CT molecular complexity index is 560. The standard InChI is InChI=1S/C16H21N3O/c1-20-11-9-13-4-2-3-5-16(13)19-10-8-15(18-19)12-17-14-6-7-14/h2-5,8,10,14,17H,6-7,9,11-12H2,1H3. The van der Waals surface area contributed by atoms with Crippen LogP contribution in [0, 0.1) is 0 Å². The first-order valence-corrected chi connectivity index (χ1v) is 7.22. The molecule has 1 fully saturated rings. The van der Waals surface area contributed by atoms with Gasteiger partial charge in [-0.05, 0) is 37.0 Å². The fourth-order valence-corrected chi connectivity index (χ4v) is 2.28. The lowest BCUT2D eigenvalue weighted by Crippen LogP contribution is -2.15. The number of benzene rings is 1. The van der Waals surface area contributed by atoms with Crippen molar-refractivity contribution >= 4 is 0 Å². The zero-order chi connectivity index (χ0) is 13.8. The first kappa shape index (κ1) is 13.3. The minimum atomic E-state index is 0.717. The quantitative estimate of drug-likeness (QED) is 0.840. The highest BCUT2D eigenvalue weighted by Crippen LogP contribution is 2.19. The van der Waals surface area contributed by atoms with Crippen LogP contribution in [0.25, 0.3) is 5.69 Å². The lowest BCUT2D eigenvalue weighted by molar-refractivity contribution is 0.202. The zero-order valence-electron chi connectivity index (χ0n) is 11.9. The van der Waals surface area contributed by atoms with Gasteiger partial charge in [0, 0.05) is 25.9 Å². The van der Waals surface area contributed by atoms with Gasteiger partial charge < -0.3 is 10.1 Å². The van der Waals surface area contributed by atoms with E-state index in [0.29, 0.717) is 6.04 Å². The molecular formula is C16H21N3O. The highest BCUT2D eigenvalue weighted by Gasteiger charge is 2.20. The maximum atomic E-state index is 5.17. The van der Waals surface area contributed by atoms with Gasteiger partial charge in [-0.15, -0.1) is 0 Å². The van der Waals surface area contributed by atoms with Gasteiger partial charge in [-0.3, -0.25) is 0 Å². The van der Waals surface area contributed by atoms with E-state index in [2.05, 4.69) is 40.7 Å². The molecule has 1 aliphatic rings. The highest BCUT2D eigenvalue weighted by molar-refractivity contribution is 5.40. The molecule has 0 unspecified atom stereocenters. The van der Waals surface area contributed by atoms with Gasteiger partial charge in [0.25, 0.3) is 0 Å². The Hall–Kier alpha value is -1.65. The summed E-state index contributed by atoms with van der Waals surface area (Å²) in [5.41, 5.74) is 3.50. The first-order valence-electron chi connectivity index (χ1n) is 7.22. The Morgan fingerprint density at radius 1 is 1.30 bits per heavy atom. The van der Waals surface area contributed by atoms with Crippen molar-refractivity contribution in [2.45, 2.75) is 31.8 Å². The van der Waals surface area contributed by atoms with Crippen LogP contribution in [-0.4, -0.2) is 29.5 Å². The Morgan fingerprint density at radius 2 is 2.15 bits per heavy atom. The van der Waals surface area contributed by atoms with Crippen LogP contribution in [0.2, 0.25) is 0 Å². The van der Waals surface area contributed by atoms with Crippen LogP contribution in [-0.2, 0) is 17.7 Å². The van der Waals surface area contributed by atoms with E-state index in [-0.39, 0.29) is 0 Å². The fourth-order valence-electron chi connectivity index (χ4n) is 2.28. The lowest BCUT2D eigenvalue weighted by atomic mass is 10.1. The molecule has 0 aliphatic heterocycles. The normalized spacial score (nSPS) is 14.7. The molecule has 0 amide bonds. The van der Waals surface area contributed by atoms with Crippen molar-refractivity contribution in [1.82, 2.24) is 15.1 Å². The average molecular weight is 271 g/mol. The van der Waals surface area contributed by atoms with Crippen molar-refractivity contribution in [3.05, 3.63) is 47.8 Å². The van der Waals surface area contributed by atoms with E-state index >= 15 is 0 Å². The summed E-state index contributed by atoms with van der Waals surface area (Å²) in [4.78, 5) is 0. The second-order valence-corrected chi connectivity index (χ2v) is 5.28. The molecule has 0 atom stereocenters. The van der Waals surface area contributed by atoms with Crippen LogP contribution in [0.3, 0.4) is 0 Å². The van der Waals surface area contributed by atoms with Crippen molar-refractivity contribution in [3.8, 4) is 5.69 Å². The largest absolute Gasteiger partial charge is 0.384 e. The molecule has 4 heteroatoms. The highest BCUT2D eigenvalue weighted by atomic mass is 16.5. The van der Waals surface area contributed by atoms with Crippen LogP contribution in [0.15, 0.2) is 36.5 Å². The number of hydrogen-bond acceptors (Lipinski definition) is 3. The smallest absolute Gasteiger partial charge is 0.0766 e. The number of para-hydroxylation sites is 1. The Morgan fingerprint density at radius 3 is 2.95 bits per heavy atom. The van der Waals surface area contributed by atoms with Gasteiger partial charge in [0.2, 0.25) is 0 Å². The van der Waals surface area contributed by atoms with E-state index in [4.69, 9.17) is 4.74 Å². The maximum Gasteiger partial charge on any atom is 0.0766 e. The predicted octanol–water partition coefficient (Wildman–Crippen LogP) is 2.31. The van der Waals surface area contributed by atoms with Gasteiger partial charge in [0.1, 0.15) is 0 Å². The molecule has 0 spiro atoms. The topological polar surface area (TPSA) is 39.1 Å². The Labute approximate surface area is 119 Å². The third-order valence-electron chi connectivity index (χ3n) is 3.61. The van der Waals surface area contributed by atoms with E-state index < -0.39 is 0 Å². The van der Waals surface area contributed by atoms with E-state index in [0.717, 1.165) is 31.0 Å². The van der Waals surface area contributed by atoms with E-state index in [1.165, 1.54) is 18.4 Å². The van der Waals surface area contributed by atoms with Gasteiger partial charge >= 0.3 is 0 Å². The molecule has 1 N–H and O–H groups in total. The Kier molecular flexibility index (Phi) is 4.14.